The van der Waals surface area contributed by atoms with Gasteiger partial charge in [0.05, 0.1) is 10.2 Å². The minimum absolute atomic E-state index is 0.638. The van der Waals surface area contributed by atoms with Crippen LogP contribution in [0.1, 0.15) is 0 Å². The molecule has 0 spiro atoms. The molecule has 0 saturated heterocycles. The third-order valence-corrected chi connectivity index (χ3v) is 11.6. The summed E-state index contributed by atoms with van der Waals surface area (Å²) >= 11 is 3.52. The van der Waals surface area contributed by atoms with Gasteiger partial charge in [0.1, 0.15) is 5.01 Å². The van der Waals surface area contributed by atoms with E-state index in [9.17, 15) is 0 Å². The van der Waals surface area contributed by atoms with Crippen LogP contribution in [0, 0.1) is 0 Å². The molecular formula is C46H28N4S2. The third-order valence-electron chi connectivity index (χ3n) is 9.39. The molecule has 0 bridgehead atoms. The van der Waals surface area contributed by atoms with Gasteiger partial charge in [0.15, 0.2) is 17.5 Å². The number of aromatic nitrogens is 4. The molecule has 0 unspecified atom stereocenters. The number of fused-ring (bicyclic) bond motifs is 4. The average molecular weight is 701 g/mol. The molecule has 4 nitrogen and oxygen atoms in total. The second-order valence-corrected chi connectivity index (χ2v) is 14.8. The largest absolute Gasteiger partial charge is 0.236 e. The molecule has 0 saturated carbocycles. The number of nitrogens with zero attached hydrogens (tertiary/aromatic N) is 4. The summed E-state index contributed by atoms with van der Waals surface area (Å²) in [5.41, 5.74) is 9.61. The van der Waals surface area contributed by atoms with E-state index in [1.165, 1.54) is 25.0 Å². The predicted molar refractivity (Wildman–Crippen MR) is 219 cm³/mol. The summed E-state index contributed by atoms with van der Waals surface area (Å²) in [6, 6.07) is 59.2. The van der Waals surface area contributed by atoms with E-state index < -0.39 is 0 Å². The van der Waals surface area contributed by atoms with Crippen LogP contribution in [0.3, 0.4) is 0 Å². The highest BCUT2D eigenvalue weighted by Gasteiger charge is 2.18. The maximum Gasteiger partial charge on any atom is 0.164 e. The zero-order valence-electron chi connectivity index (χ0n) is 27.8. The van der Waals surface area contributed by atoms with Crippen molar-refractivity contribution in [3.05, 3.63) is 170 Å². The number of thiophene rings is 1. The van der Waals surface area contributed by atoms with Gasteiger partial charge in [0, 0.05) is 42.4 Å². The van der Waals surface area contributed by atoms with Crippen LogP contribution in [0.5, 0.6) is 0 Å². The number of benzene rings is 7. The summed E-state index contributed by atoms with van der Waals surface area (Å²) in [4.78, 5) is 20.4. The van der Waals surface area contributed by atoms with E-state index in [4.69, 9.17) is 19.9 Å². The molecule has 0 amide bonds. The van der Waals surface area contributed by atoms with Crippen LogP contribution < -0.4 is 0 Å². The summed E-state index contributed by atoms with van der Waals surface area (Å²) in [6.45, 7) is 0. The average Bonchev–Trinajstić information content (AvgIpc) is 3.83. The highest BCUT2D eigenvalue weighted by Crippen LogP contribution is 2.42. The summed E-state index contributed by atoms with van der Waals surface area (Å²) in [7, 11) is 0. The van der Waals surface area contributed by atoms with Crippen molar-refractivity contribution in [1.82, 2.24) is 19.9 Å². The summed E-state index contributed by atoms with van der Waals surface area (Å²) in [6.07, 6.45) is 0. The Bertz CT molecular complexity index is 2860. The van der Waals surface area contributed by atoms with Crippen LogP contribution >= 0.6 is 22.7 Å². The Labute approximate surface area is 308 Å². The van der Waals surface area contributed by atoms with Crippen LogP contribution in [0.25, 0.3) is 97.4 Å². The highest BCUT2D eigenvalue weighted by molar-refractivity contribution is 7.26. The van der Waals surface area contributed by atoms with E-state index in [1.807, 2.05) is 18.2 Å². The smallest absolute Gasteiger partial charge is 0.164 e. The van der Waals surface area contributed by atoms with Crippen molar-refractivity contribution in [2.45, 2.75) is 0 Å². The van der Waals surface area contributed by atoms with E-state index in [1.54, 1.807) is 22.7 Å². The molecule has 0 radical (unpaired) electrons. The van der Waals surface area contributed by atoms with Crippen LogP contribution in [-0.2, 0) is 0 Å². The van der Waals surface area contributed by atoms with Gasteiger partial charge in [-0.15, -0.1) is 22.7 Å². The predicted octanol–water partition coefficient (Wildman–Crippen LogP) is 12.9. The van der Waals surface area contributed by atoms with Crippen molar-refractivity contribution in [2.75, 3.05) is 0 Å². The minimum atomic E-state index is 0.638. The second-order valence-electron chi connectivity index (χ2n) is 12.7. The lowest BCUT2D eigenvalue weighted by molar-refractivity contribution is 1.08. The van der Waals surface area contributed by atoms with Gasteiger partial charge in [0.2, 0.25) is 0 Å². The molecule has 3 heterocycles. The fraction of sp³-hybridized carbons (Fsp3) is 0. The third kappa shape index (κ3) is 5.55. The molecular weight excluding hydrogens is 673 g/mol. The molecule has 0 aliphatic rings. The quantitative estimate of drug-likeness (QED) is 0.173. The van der Waals surface area contributed by atoms with Gasteiger partial charge >= 0.3 is 0 Å². The molecule has 10 rings (SSSR count). The van der Waals surface area contributed by atoms with Crippen molar-refractivity contribution in [2.24, 2.45) is 0 Å². The van der Waals surface area contributed by atoms with Gasteiger partial charge in [-0.2, -0.15) is 0 Å². The monoisotopic (exact) mass is 700 g/mol. The molecule has 7 aromatic carbocycles. The first kappa shape index (κ1) is 30.5. The Morgan fingerprint density at radius 3 is 1.69 bits per heavy atom. The lowest BCUT2D eigenvalue weighted by Crippen LogP contribution is -2.00. The van der Waals surface area contributed by atoms with E-state index in [0.717, 1.165) is 54.9 Å². The first-order valence-corrected chi connectivity index (χ1v) is 18.8. The molecule has 0 atom stereocenters. The molecule has 244 valence electrons. The van der Waals surface area contributed by atoms with Gasteiger partial charge in [-0.05, 0) is 52.6 Å². The van der Waals surface area contributed by atoms with E-state index in [2.05, 4.69) is 152 Å². The molecule has 52 heavy (non-hydrogen) atoms. The van der Waals surface area contributed by atoms with E-state index in [-0.39, 0.29) is 0 Å². The molecule has 3 aromatic heterocycles. The van der Waals surface area contributed by atoms with Gasteiger partial charge < -0.3 is 0 Å². The summed E-state index contributed by atoms with van der Waals surface area (Å²) < 4.78 is 3.60. The molecule has 0 aliphatic heterocycles. The highest BCUT2D eigenvalue weighted by atomic mass is 32.1. The van der Waals surface area contributed by atoms with Crippen LogP contribution in [0.15, 0.2) is 170 Å². The summed E-state index contributed by atoms with van der Waals surface area (Å²) in [5, 5.41) is 3.37. The van der Waals surface area contributed by atoms with Crippen LogP contribution in [0.2, 0.25) is 0 Å². The number of hydrogen-bond acceptors (Lipinski definition) is 6. The molecule has 6 heteroatoms. The number of rotatable bonds is 6. The van der Waals surface area contributed by atoms with E-state index in [0.29, 0.717) is 17.5 Å². The summed E-state index contributed by atoms with van der Waals surface area (Å²) in [5.74, 6) is 1.93. The minimum Gasteiger partial charge on any atom is -0.236 e. The fourth-order valence-corrected chi connectivity index (χ4v) is 8.94. The normalized spacial score (nSPS) is 11.5. The maximum atomic E-state index is 5.20. The van der Waals surface area contributed by atoms with Crippen molar-refractivity contribution in [1.29, 1.82) is 0 Å². The van der Waals surface area contributed by atoms with Crippen molar-refractivity contribution >= 4 is 53.1 Å². The number of para-hydroxylation sites is 1. The lowest BCUT2D eigenvalue weighted by Gasteiger charge is -2.11. The maximum absolute atomic E-state index is 5.20. The molecule has 10 aromatic rings. The number of thiazole rings is 1. The Kier molecular flexibility index (Phi) is 7.48. The first-order chi connectivity index (χ1) is 25.7. The zero-order chi connectivity index (χ0) is 34.4. The van der Waals surface area contributed by atoms with Crippen LogP contribution in [-0.4, -0.2) is 19.9 Å². The van der Waals surface area contributed by atoms with Gasteiger partial charge in [-0.3, -0.25) is 0 Å². The molecule has 0 fully saturated rings. The first-order valence-electron chi connectivity index (χ1n) is 17.1. The van der Waals surface area contributed by atoms with Crippen LogP contribution in [0.4, 0.5) is 0 Å². The Morgan fingerprint density at radius 1 is 0.327 bits per heavy atom. The topological polar surface area (TPSA) is 51.6 Å². The van der Waals surface area contributed by atoms with Crippen molar-refractivity contribution in [3.8, 4) is 67.0 Å². The zero-order valence-corrected chi connectivity index (χ0v) is 29.4. The number of hydrogen-bond donors (Lipinski definition) is 0. The Balaban J connectivity index is 1.13. The fourth-order valence-electron chi connectivity index (χ4n) is 6.81. The lowest BCUT2D eigenvalue weighted by atomic mass is 10.0. The van der Waals surface area contributed by atoms with Gasteiger partial charge in [-0.25, -0.2) is 19.9 Å². The molecule has 0 aliphatic carbocycles. The van der Waals surface area contributed by atoms with Crippen molar-refractivity contribution in [3.63, 3.8) is 0 Å². The van der Waals surface area contributed by atoms with Gasteiger partial charge in [-0.1, -0.05) is 140 Å². The Hall–Kier alpha value is -6.34. The van der Waals surface area contributed by atoms with Gasteiger partial charge in [0.25, 0.3) is 0 Å². The second kappa shape index (κ2) is 12.8. The van der Waals surface area contributed by atoms with E-state index >= 15 is 0 Å². The standard InChI is InChI=1S/C46H28N4S2/c1-3-11-29(12-4-1)31-21-23-32(24-22-31)43-48-44(34-16-9-15-33(27-34)30-13-5-2-6-14-30)50-45(49-43)37-17-10-20-40-42(37)36-26-25-35(28-41(36)51-40)46-47-38-18-7-8-19-39(38)52-46/h1-28H. The van der Waals surface area contributed by atoms with Crippen molar-refractivity contribution < 1.29 is 0 Å². The molecule has 0 N–H and O–H groups in total. The Morgan fingerprint density at radius 2 is 0.904 bits per heavy atom. The SMILES string of the molecule is c1ccc(-c2ccc(-c3nc(-c4cccc(-c5ccccc5)c4)nc(-c4cccc5sc6cc(-c7nc8ccccc8s7)ccc6c45)n3)cc2)cc1.